The monoisotopic (exact) mass is 275 g/mol. The third-order valence-corrected chi connectivity index (χ3v) is 4.37. The summed E-state index contributed by atoms with van der Waals surface area (Å²) < 4.78 is 0. The third kappa shape index (κ3) is 3.53. The number of hydrogen-bond donors (Lipinski definition) is 1. The number of fused-ring (bicyclic) bond motifs is 1. The van der Waals surface area contributed by atoms with Crippen LogP contribution in [-0.2, 0) is 0 Å². The Morgan fingerprint density at radius 2 is 1.95 bits per heavy atom. The van der Waals surface area contributed by atoms with Gasteiger partial charge in [0.15, 0.2) is 0 Å². The highest BCUT2D eigenvalue weighted by Gasteiger charge is 2.23. The van der Waals surface area contributed by atoms with Gasteiger partial charge in [0, 0.05) is 31.4 Å². The molecule has 0 aromatic heterocycles. The highest BCUT2D eigenvalue weighted by Crippen LogP contribution is 2.33. The number of rotatable bonds is 7. The molecule has 0 fully saturated rings. The van der Waals surface area contributed by atoms with Crippen molar-refractivity contribution in [1.82, 2.24) is 10.2 Å². The lowest BCUT2D eigenvalue weighted by atomic mass is 9.96. The van der Waals surface area contributed by atoms with Crippen LogP contribution in [0.1, 0.15) is 38.8 Å². The van der Waals surface area contributed by atoms with Crippen molar-refractivity contribution in [2.24, 2.45) is 0 Å². The smallest absolute Gasteiger partial charge is 0.0415 e. The summed E-state index contributed by atoms with van der Waals surface area (Å²) in [6, 6.07) is 9.42. The maximum absolute atomic E-state index is 3.61. The highest BCUT2D eigenvalue weighted by atomic mass is 15.2. The Morgan fingerprint density at radius 1 is 1.20 bits per heavy atom. The van der Waals surface area contributed by atoms with Gasteiger partial charge < -0.3 is 15.1 Å². The summed E-state index contributed by atoms with van der Waals surface area (Å²) in [6.07, 6.45) is 1.21. The summed E-state index contributed by atoms with van der Waals surface area (Å²) in [5, 5.41) is 3.61. The molecule has 0 saturated carbocycles. The molecule has 112 valence electrons. The Balaban J connectivity index is 2.06. The van der Waals surface area contributed by atoms with E-state index in [1.807, 2.05) is 0 Å². The van der Waals surface area contributed by atoms with Gasteiger partial charge in [-0.25, -0.2) is 0 Å². The second kappa shape index (κ2) is 7.65. The van der Waals surface area contributed by atoms with Crippen LogP contribution in [0.3, 0.4) is 0 Å². The second-order valence-electron chi connectivity index (χ2n) is 5.47. The number of nitrogens with zero attached hydrogens (tertiary/aromatic N) is 2. The summed E-state index contributed by atoms with van der Waals surface area (Å²) in [5.74, 6) is 0. The van der Waals surface area contributed by atoms with E-state index in [1.54, 1.807) is 0 Å². The molecule has 20 heavy (non-hydrogen) atoms. The largest absolute Gasteiger partial charge is 0.370 e. The molecule has 3 nitrogen and oxygen atoms in total. The SMILES string of the molecule is CCNC1CCN(CCN(CC)CC)c2ccccc21. The van der Waals surface area contributed by atoms with Crippen molar-refractivity contribution in [1.29, 1.82) is 0 Å². The van der Waals surface area contributed by atoms with Gasteiger partial charge >= 0.3 is 0 Å². The third-order valence-electron chi connectivity index (χ3n) is 4.37. The van der Waals surface area contributed by atoms with Gasteiger partial charge in [-0.2, -0.15) is 0 Å². The van der Waals surface area contributed by atoms with Crippen molar-refractivity contribution < 1.29 is 0 Å². The van der Waals surface area contributed by atoms with Crippen LogP contribution in [-0.4, -0.2) is 44.2 Å². The molecule has 0 spiro atoms. The van der Waals surface area contributed by atoms with Crippen LogP contribution in [0.2, 0.25) is 0 Å². The topological polar surface area (TPSA) is 18.5 Å². The Bertz CT molecular complexity index is 401. The van der Waals surface area contributed by atoms with E-state index in [2.05, 4.69) is 60.2 Å². The highest BCUT2D eigenvalue weighted by molar-refractivity contribution is 5.57. The molecule has 1 aromatic rings. The van der Waals surface area contributed by atoms with Gasteiger partial charge in [0.25, 0.3) is 0 Å². The summed E-state index contributed by atoms with van der Waals surface area (Å²) in [4.78, 5) is 5.06. The standard InChI is InChI=1S/C17H29N3/c1-4-18-16-11-12-20(14-13-19(5-2)6-3)17-10-8-7-9-15(16)17/h7-10,16,18H,4-6,11-14H2,1-3H3. The van der Waals surface area contributed by atoms with Gasteiger partial charge in [0.05, 0.1) is 0 Å². The van der Waals surface area contributed by atoms with Crippen LogP contribution in [0, 0.1) is 0 Å². The van der Waals surface area contributed by atoms with Crippen molar-refractivity contribution in [2.75, 3.05) is 44.2 Å². The molecule has 2 rings (SSSR count). The number of nitrogens with one attached hydrogen (secondary N) is 1. The van der Waals surface area contributed by atoms with E-state index in [9.17, 15) is 0 Å². The van der Waals surface area contributed by atoms with Gasteiger partial charge in [-0.05, 0) is 37.7 Å². The van der Waals surface area contributed by atoms with Gasteiger partial charge in [-0.15, -0.1) is 0 Å². The molecule has 1 aliphatic heterocycles. The number of anilines is 1. The van der Waals surface area contributed by atoms with E-state index in [1.165, 1.54) is 17.7 Å². The van der Waals surface area contributed by atoms with Gasteiger partial charge in [0.2, 0.25) is 0 Å². The molecule has 0 bridgehead atoms. The average Bonchev–Trinajstić information content (AvgIpc) is 2.50. The second-order valence-corrected chi connectivity index (χ2v) is 5.47. The zero-order chi connectivity index (χ0) is 14.4. The first-order valence-corrected chi connectivity index (χ1v) is 8.09. The first-order chi connectivity index (χ1) is 9.80. The first kappa shape index (κ1) is 15.3. The Morgan fingerprint density at radius 3 is 2.65 bits per heavy atom. The van der Waals surface area contributed by atoms with E-state index in [-0.39, 0.29) is 0 Å². The van der Waals surface area contributed by atoms with Crippen LogP contribution >= 0.6 is 0 Å². The Kier molecular flexibility index (Phi) is 5.86. The Labute approximate surface area is 124 Å². The molecular weight excluding hydrogens is 246 g/mol. The van der Waals surface area contributed by atoms with E-state index in [0.717, 1.165) is 39.3 Å². The molecule has 0 amide bonds. The van der Waals surface area contributed by atoms with Gasteiger partial charge in [-0.3, -0.25) is 0 Å². The Hall–Kier alpha value is -1.06. The lowest BCUT2D eigenvalue weighted by Gasteiger charge is -2.37. The van der Waals surface area contributed by atoms with Crippen molar-refractivity contribution in [2.45, 2.75) is 33.2 Å². The van der Waals surface area contributed by atoms with E-state index in [4.69, 9.17) is 0 Å². The zero-order valence-corrected chi connectivity index (χ0v) is 13.2. The molecule has 1 N–H and O–H groups in total. The van der Waals surface area contributed by atoms with Crippen LogP contribution in [0.5, 0.6) is 0 Å². The summed E-state index contributed by atoms with van der Waals surface area (Å²) in [5.41, 5.74) is 2.90. The molecule has 1 atom stereocenters. The van der Waals surface area contributed by atoms with E-state index in [0.29, 0.717) is 6.04 Å². The number of benzene rings is 1. The number of hydrogen-bond acceptors (Lipinski definition) is 3. The molecule has 3 heteroatoms. The fourth-order valence-electron chi connectivity index (χ4n) is 3.12. The van der Waals surface area contributed by atoms with Crippen molar-refractivity contribution in [3.8, 4) is 0 Å². The van der Waals surface area contributed by atoms with Crippen LogP contribution in [0.4, 0.5) is 5.69 Å². The minimum absolute atomic E-state index is 0.529. The number of likely N-dealkylation sites (N-methyl/N-ethyl adjacent to an activating group) is 1. The fourth-order valence-corrected chi connectivity index (χ4v) is 3.12. The maximum atomic E-state index is 3.61. The predicted molar refractivity (Wildman–Crippen MR) is 87.5 cm³/mol. The van der Waals surface area contributed by atoms with Gasteiger partial charge in [-0.1, -0.05) is 39.0 Å². The molecule has 1 unspecified atom stereocenters. The quantitative estimate of drug-likeness (QED) is 0.825. The maximum Gasteiger partial charge on any atom is 0.0415 e. The van der Waals surface area contributed by atoms with E-state index >= 15 is 0 Å². The van der Waals surface area contributed by atoms with Crippen molar-refractivity contribution >= 4 is 5.69 Å². The van der Waals surface area contributed by atoms with Crippen molar-refractivity contribution in [3.05, 3.63) is 29.8 Å². The minimum Gasteiger partial charge on any atom is -0.370 e. The lowest BCUT2D eigenvalue weighted by molar-refractivity contribution is 0.307. The summed E-state index contributed by atoms with van der Waals surface area (Å²) >= 11 is 0. The van der Waals surface area contributed by atoms with Crippen LogP contribution < -0.4 is 10.2 Å². The molecule has 0 radical (unpaired) electrons. The molecule has 1 heterocycles. The summed E-state index contributed by atoms with van der Waals surface area (Å²) in [7, 11) is 0. The molecule has 1 aromatic carbocycles. The predicted octanol–water partition coefficient (Wildman–Crippen LogP) is 2.89. The van der Waals surface area contributed by atoms with Gasteiger partial charge in [0.1, 0.15) is 0 Å². The molecule has 0 saturated heterocycles. The molecule has 0 aliphatic carbocycles. The fraction of sp³-hybridized carbons (Fsp3) is 0.647. The van der Waals surface area contributed by atoms with Crippen LogP contribution in [0.25, 0.3) is 0 Å². The minimum atomic E-state index is 0.529. The molecule has 1 aliphatic rings. The van der Waals surface area contributed by atoms with Crippen LogP contribution in [0.15, 0.2) is 24.3 Å². The first-order valence-electron chi connectivity index (χ1n) is 8.09. The number of para-hydroxylation sites is 1. The lowest BCUT2D eigenvalue weighted by Crippen LogP contribution is -2.40. The zero-order valence-electron chi connectivity index (χ0n) is 13.2. The average molecular weight is 275 g/mol. The van der Waals surface area contributed by atoms with Crippen molar-refractivity contribution in [3.63, 3.8) is 0 Å². The normalized spacial score (nSPS) is 18.4. The molecular formula is C17H29N3. The summed E-state index contributed by atoms with van der Waals surface area (Å²) in [6.45, 7) is 13.5. The van der Waals surface area contributed by atoms with E-state index < -0.39 is 0 Å².